The average molecular weight is 408 g/mol. The van der Waals surface area contributed by atoms with E-state index in [0.717, 1.165) is 36.3 Å². The summed E-state index contributed by atoms with van der Waals surface area (Å²) in [6, 6.07) is 12.6. The van der Waals surface area contributed by atoms with Gasteiger partial charge in [0.05, 0.1) is 5.75 Å². The third-order valence-electron chi connectivity index (χ3n) is 5.23. The van der Waals surface area contributed by atoms with Crippen LogP contribution in [0, 0.1) is 0 Å². The zero-order valence-corrected chi connectivity index (χ0v) is 17.4. The Bertz CT molecular complexity index is 949. The molecule has 0 radical (unpaired) electrons. The monoisotopic (exact) mass is 407 g/mol. The first-order valence-corrected chi connectivity index (χ1v) is 11.1. The second-order valence-corrected chi connectivity index (χ2v) is 8.18. The average Bonchev–Trinajstić information content (AvgIpc) is 3.43. The largest absolute Gasteiger partial charge is 0.353 e. The lowest BCUT2D eigenvalue weighted by Crippen LogP contribution is -2.33. The van der Waals surface area contributed by atoms with Crippen LogP contribution in [0.5, 0.6) is 0 Å². The minimum absolute atomic E-state index is 0.0586. The summed E-state index contributed by atoms with van der Waals surface area (Å²) in [5, 5.41) is 12.7. The Hall–Kier alpha value is -2.67. The van der Waals surface area contributed by atoms with Crippen LogP contribution >= 0.6 is 11.8 Å². The molecule has 1 aliphatic carbocycles. The molecule has 1 aliphatic rings. The highest BCUT2D eigenvalue weighted by Crippen LogP contribution is 2.28. The fourth-order valence-electron chi connectivity index (χ4n) is 3.63. The number of thioether (sulfide) groups is 1. The molecule has 6 nitrogen and oxygen atoms in total. The van der Waals surface area contributed by atoms with Crippen LogP contribution in [0.4, 0.5) is 0 Å². The van der Waals surface area contributed by atoms with Crippen molar-refractivity contribution < 1.29 is 4.79 Å². The lowest BCUT2D eigenvalue weighted by atomic mass is 10.1. The van der Waals surface area contributed by atoms with E-state index in [1.54, 1.807) is 12.4 Å². The molecule has 0 spiro atoms. The summed E-state index contributed by atoms with van der Waals surface area (Å²) in [6.45, 7) is 2.14. The number of amides is 1. The van der Waals surface area contributed by atoms with Crippen LogP contribution in [0.1, 0.15) is 38.2 Å². The Morgan fingerprint density at radius 1 is 1.10 bits per heavy atom. The third kappa shape index (κ3) is 4.67. The topological polar surface area (TPSA) is 72.7 Å². The van der Waals surface area contributed by atoms with Crippen molar-refractivity contribution in [2.75, 3.05) is 5.75 Å². The molecule has 2 aromatic heterocycles. The molecule has 7 heteroatoms. The van der Waals surface area contributed by atoms with Crippen molar-refractivity contribution in [1.29, 1.82) is 0 Å². The molecular weight excluding hydrogens is 382 g/mol. The molecule has 1 aromatic carbocycles. The third-order valence-corrected chi connectivity index (χ3v) is 6.16. The van der Waals surface area contributed by atoms with Gasteiger partial charge in [0.2, 0.25) is 5.91 Å². The van der Waals surface area contributed by atoms with E-state index in [-0.39, 0.29) is 5.91 Å². The molecule has 1 saturated carbocycles. The first kappa shape index (κ1) is 19.6. The van der Waals surface area contributed by atoms with Crippen molar-refractivity contribution in [3.63, 3.8) is 0 Å². The molecule has 0 atom stereocenters. The SMILES string of the molecule is CCc1ccc(-n2c(SCC(=O)NC3CCCC3)nnc2-c2ccncc2)cc1. The summed E-state index contributed by atoms with van der Waals surface area (Å²) in [7, 11) is 0. The quantitative estimate of drug-likeness (QED) is 0.599. The van der Waals surface area contributed by atoms with Gasteiger partial charge < -0.3 is 5.32 Å². The summed E-state index contributed by atoms with van der Waals surface area (Å²) in [5.74, 6) is 1.14. The van der Waals surface area contributed by atoms with Gasteiger partial charge in [-0.2, -0.15) is 0 Å². The summed E-state index contributed by atoms with van der Waals surface area (Å²) in [5.41, 5.74) is 3.20. The number of benzene rings is 1. The lowest BCUT2D eigenvalue weighted by molar-refractivity contribution is -0.119. The van der Waals surface area contributed by atoms with Crippen LogP contribution in [0.25, 0.3) is 17.1 Å². The van der Waals surface area contributed by atoms with Crippen LogP contribution in [-0.4, -0.2) is 37.5 Å². The van der Waals surface area contributed by atoms with Crippen molar-refractivity contribution in [3.8, 4) is 17.1 Å². The number of carbonyl (C=O) groups excluding carboxylic acids is 1. The van der Waals surface area contributed by atoms with E-state index < -0.39 is 0 Å². The first-order valence-electron chi connectivity index (χ1n) is 10.1. The molecule has 1 amide bonds. The van der Waals surface area contributed by atoms with Gasteiger partial charge >= 0.3 is 0 Å². The van der Waals surface area contributed by atoms with Gasteiger partial charge in [-0.3, -0.25) is 14.3 Å². The minimum atomic E-state index is 0.0586. The van der Waals surface area contributed by atoms with E-state index in [9.17, 15) is 4.79 Å². The number of aromatic nitrogens is 4. The van der Waals surface area contributed by atoms with Crippen molar-refractivity contribution in [3.05, 3.63) is 54.4 Å². The predicted octanol–water partition coefficient (Wildman–Crippen LogP) is 4.04. The zero-order chi connectivity index (χ0) is 20.1. The van der Waals surface area contributed by atoms with Gasteiger partial charge in [-0.15, -0.1) is 10.2 Å². The van der Waals surface area contributed by atoms with E-state index >= 15 is 0 Å². The lowest BCUT2D eigenvalue weighted by Gasteiger charge is -2.13. The molecule has 2 heterocycles. The molecular formula is C22H25N5OS. The van der Waals surface area contributed by atoms with E-state index in [1.165, 1.54) is 30.2 Å². The highest BCUT2D eigenvalue weighted by atomic mass is 32.2. The van der Waals surface area contributed by atoms with Gasteiger partial charge in [0.25, 0.3) is 0 Å². The normalized spacial score (nSPS) is 14.2. The number of rotatable bonds is 7. The van der Waals surface area contributed by atoms with Crippen LogP contribution in [0.2, 0.25) is 0 Å². The Morgan fingerprint density at radius 3 is 2.52 bits per heavy atom. The van der Waals surface area contributed by atoms with Gasteiger partial charge in [0.15, 0.2) is 11.0 Å². The Labute approximate surface area is 175 Å². The molecule has 4 rings (SSSR count). The predicted molar refractivity (Wildman–Crippen MR) is 115 cm³/mol. The van der Waals surface area contributed by atoms with E-state index in [4.69, 9.17) is 0 Å². The van der Waals surface area contributed by atoms with Crippen LogP contribution < -0.4 is 5.32 Å². The number of nitrogens with one attached hydrogen (secondary N) is 1. The molecule has 1 N–H and O–H groups in total. The summed E-state index contributed by atoms with van der Waals surface area (Å²) >= 11 is 1.42. The van der Waals surface area contributed by atoms with E-state index in [2.05, 4.69) is 51.7 Å². The Balaban J connectivity index is 1.59. The summed E-state index contributed by atoms with van der Waals surface area (Å²) < 4.78 is 2.02. The highest BCUT2D eigenvalue weighted by Gasteiger charge is 2.20. The minimum Gasteiger partial charge on any atom is -0.353 e. The van der Waals surface area contributed by atoms with Gasteiger partial charge in [0, 0.05) is 29.7 Å². The second-order valence-electron chi connectivity index (χ2n) is 7.24. The maximum absolute atomic E-state index is 12.4. The van der Waals surface area contributed by atoms with Gasteiger partial charge in [0.1, 0.15) is 0 Å². The zero-order valence-electron chi connectivity index (χ0n) is 16.5. The number of hydrogen-bond donors (Lipinski definition) is 1. The molecule has 0 unspecified atom stereocenters. The second kappa shape index (κ2) is 9.22. The molecule has 150 valence electrons. The van der Waals surface area contributed by atoms with Gasteiger partial charge in [-0.25, -0.2) is 0 Å². The number of carbonyl (C=O) groups is 1. The Morgan fingerprint density at radius 2 is 1.83 bits per heavy atom. The number of aryl methyl sites for hydroxylation is 1. The molecule has 0 bridgehead atoms. The molecule has 3 aromatic rings. The van der Waals surface area contributed by atoms with Gasteiger partial charge in [-0.1, -0.05) is 43.7 Å². The van der Waals surface area contributed by atoms with Crippen molar-refractivity contribution >= 4 is 17.7 Å². The summed E-state index contributed by atoms with van der Waals surface area (Å²) in [4.78, 5) is 16.5. The number of pyridine rings is 1. The maximum Gasteiger partial charge on any atom is 0.230 e. The molecule has 29 heavy (non-hydrogen) atoms. The van der Waals surface area contributed by atoms with E-state index in [0.29, 0.717) is 17.0 Å². The first-order chi connectivity index (χ1) is 14.2. The number of hydrogen-bond acceptors (Lipinski definition) is 5. The molecule has 1 fully saturated rings. The van der Waals surface area contributed by atoms with Crippen molar-refractivity contribution in [2.45, 2.75) is 50.2 Å². The highest BCUT2D eigenvalue weighted by molar-refractivity contribution is 7.99. The van der Waals surface area contributed by atoms with Crippen LogP contribution in [-0.2, 0) is 11.2 Å². The van der Waals surface area contributed by atoms with Crippen molar-refractivity contribution in [1.82, 2.24) is 25.1 Å². The molecule has 0 aliphatic heterocycles. The van der Waals surface area contributed by atoms with Gasteiger partial charge in [-0.05, 0) is 49.1 Å². The summed E-state index contributed by atoms with van der Waals surface area (Å²) in [6.07, 6.45) is 9.06. The van der Waals surface area contributed by atoms with Crippen molar-refractivity contribution in [2.24, 2.45) is 0 Å². The van der Waals surface area contributed by atoms with Crippen LogP contribution in [0.15, 0.2) is 53.9 Å². The fraction of sp³-hybridized carbons (Fsp3) is 0.364. The van der Waals surface area contributed by atoms with E-state index in [1.807, 2.05) is 16.7 Å². The molecule has 0 saturated heterocycles. The standard InChI is InChI=1S/C22H25N5OS/c1-2-16-7-9-19(10-8-16)27-21(17-11-13-23-14-12-17)25-26-22(27)29-15-20(28)24-18-5-3-4-6-18/h7-14,18H,2-6,15H2,1H3,(H,24,28). The number of nitrogens with zero attached hydrogens (tertiary/aromatic N) is 4. The Kier molecular flexibility index (Phi) is 6.24. The van der Waals surface area contributed by atoms with Crippen LogP contribution in [0.3, 0.4) is 0 Å². The maximum atomic E-state index is 12.4. The fourth-order valence-corrected chi connectivity index (χ4v) is 4.40. The smallest absolute Gasteiger partial charge is 0.230 e.